The van der Waals surface area contributed by atoms with Gasteiger partial charge in [-0.25, -0.2) is 4.98 Å². The number of hydrogen-bond acceptors (Lipinski definition) is 5. The van der Waals surface area contributed by atoms with E-state index in [1.54, 1.807) is 6.20 Å². The third-order valence-corrected chi connectivity index (χ3v) is 5.53. The minimum Gasteiger partial charge on any atom is -0.476 e. The van der Waals surface area contributed by atoms with E-state index in [0.29, 0.717) is 42.6 Å². The van der Waals surface area contributed by atoms with Gasteiger partial charge in [0, 0.05) is 32.3 Å². The Balaban J connectivity index is 1.41. The quantitative estimate of drug-likeness (QED) is 0.701. The van der Waals surface area contributed by atoms with Gasteiger partial charge in [0.05, 0.1) is 25.0 Å². The van der Waals surface area contributed by atoms with E-state index >= 15 is 0 Å². The Bertz CT molecular complexity index is 622. The summed E-state index contributed by atoms with van der Waals surface area (Å²) in [5.74, 6) is 0.967. The summed E-state index contributed by atoms with van der Waals surface area (Å²) in [5.41, 5.74) is 1.02. The maximum Gasteiger partial charge on any atom is 0.234 e. The number of halogens is 1. The SMILES string of the molecule is CC(=O)NCCOC1CC(COc2nccc(N3CCCC3C)c2Cl)C1. The molecule has 1 aromatic rings. The van der Waals surface area contributed by atoms with Crippen LogP contribution in [0.5, 0.6) is 5.88 Å². The van der Waals surface area contributed by atoms with Gasteiger partial charge in [-0.3, -0.25) is 4.79 Å². The fourth-order valence-electron chi connectivity index (χ4n) is 3.62. The zero-order valence-corrected chi connectivity index (χ0v) is 16.3. The summed E-state index contributed by atoms with van der Waals surface area (Å²) in [6, 6.07) is 2.48. The Kier molecular flexibility index (Phi) is 6.59. The Hall–Kier alpha value is -1.53. The molecule has 1 N–H and O–H groups in total. The van der Waals surface area contributed by atoms with Gasteiger partial charge in [0.25, 0.3) is 0 Å². The molecule has 1 saturated carbocycles. The largest absolute Gasteiger partial charge is 0.476 e. The lowest BCUT2D eigenvalue weighted by Crippen LogP contribution is -2.37. The molecule has 7 heteroatoms. The van der Waals surface area contributed by atoms with Gasteiger partial charge in [-0.2, -0.15) is 0 Å². The van der Waals surface area contributed by atoms with Crippen LogP contribution in [0.4, 0.5) is 5.69 Å². The molecule has 1 aromatic heterocycles. The first-order valence-corrected chi connectivity index (χ1v) is 9.82. The van der Waals surface area contributed by atoms with Crippen molar-refractivity contribution >= 4 is 23.2 Å². The van der Waals surface area contributed by atoms with Crippen LogP contribution in [0.25, 0.3) is 0 Å². The summed E-state index contributed by atoms with van der Waals surface area (Å²) in [6.45, 7) is 6.50. The van der Waals surface area contributed by atoms with Crippen LogP contribution in [0, 0.1) is 5.92 Å². The monoisotopic (exact) mass is 381 g/mol. The van der Waals surface area contributed by atoms with Crippen molar-refractivity contribution in [3.63, 3.8) is 0 Å². The Labute approximate surface area is 160 Å². The highest BCUT2D eigenvalue weighted by molar-refractivity contribution is 6.34. The molecular formula is C19H28ClN3O3. The summed E-state index contributed by atoms with van der Waals surface area (Å²) in [7, 11) is 0. The lowest BCUT2D eigenvalue weighted by atomic mass is 9.83. The maximum absolute atomic E-state index is 10.8. The van der Waals surface area contributed by atoms with Gasteiger partial charge in [-0.1, -0.05) is 11.6 Å². The molecule has 1 atom stereocenters. The number of carbonyl (C=O) groups excluding carboxylic acids is 1. The highest BCUT2D eigenvalue weighted by Gasteiger charge is 2.31. The van der Waals surface area contributed by atoms with Crippen LogP contribution < -0.4 is 15.0 Å². The average Bonchev–Trinajstić information content (AvgIpc) is 2.99. The lowest BCUT2D eigenvalue weighted by molar-refractivity contribution is -0.119. The minimum atomic E-state index is -0.0246. The van der Waals surface area contributed by atoms with Crippen molar-refractivity contribution in [2.75, 3.05) is 31.2 Å². The molecule has 2 aliphatic rings. The third-order valence-electron chi connectivity index (χ3n) is 5.18. The molecule has 144 valence electrons. The van der Waals surface area contributed by atoms with E-state index in [1.807, 2.05) is 6.07 Å². The first-order chi connectivity index (χ1) is 12.5. The Morgan fingerprint density at radius 1 is 1.46 bits per heavy atom. The van der Waals surface area contributed by atoms with Gasteiger partial charge in [-0.05, 0) is 44.6 Å². The molecule has 0 aromatic carbocycles. The van der Waals surface area contributed by atoms with Crippen LogP contribution in [0.2, 0.25) is 5.02 Å². The molecule has 0 radical (unpaired) electrons. The second-order valence-corrected chi connectivity index (χ2v) is 7.64. The van der Waals surface area contributed by atoms with Crippen molar-refractivity contribution in [2.24, 2.45) is 5.92 Å². The van der Waals surface area contributed by atoms with Gasteiger partial charge in [0.1, 0.15) is 5.02 Å². The number of amides is 1. The second-order valence-electron chi connectivity index (χ2n) is 7.26. The van der Waals surface area contributed by atoms with E-state index in [-0.39, 0.29) is 12.0 Å². The normalized spacial score (nSPS) is 25.0. The number of nitrogens with zero attached hydrogens (tertiary/aromatic N) is 2. The molecule has 1 aliphatic heterocycles. The van der Waals surface area contributed by atoms with Crippen molar-refractivity contribution in [1.29, 1.82) is 0 Å². The standard InChI is InChI=1S/C19H28ClN3O3/c1-13-4-3-8-23(13)17-5-6-22-19(18(17)20)26-12-15-10-16(11-15)25-9-7-21-14(2)24/h5-6,13,15-16H,3-4,7-12H2,1-2H3,(H,21,24). The highest BCUT2D eigenvalue weighted by atomic mass is 35.5. The smallest absolute Gasteiger partial charge is 0.234 e. The number of pyridine rings is 1. The van der Waals surface area contributed by atoms with Crippen LogP contribution in [-0.4, -0.2) is 49.3 Å². The van der Waals surface area contributed by atoms with Crippen molar-refractivity contribution in [2.45, 2.75) is 51.7 Å². The van der Waals surface area contributed by atoms with E-state index in [9.17, 15) is 4.79 Å². The molecule has 3 rings (SSSR count). The first-order valence-electron chi connectivity index (χ1n) is 9.44. The topological polar surface area (TPSA) is 63.7 Å². The van der Waals surface area contributed by atoms with Crippen LogP contribution >= 0.6 is 11.6 Å². The van der Waals surface area contributed by atoms with Crippen LogP contribution in [-0.2, 0) is 9.53 Å². The maximum atomic E-state index is 10.8. The number of ether oxygens (including phenoxy) is 2. The molecular weight excluding hydrogens is 354 g/mol. The zero-order chi connectivity index (χ0) is 18.5. The second kappa shape index (κ2) is 8.91. The average molecular weight is 382 g/mol. The molecule has 2 fully saturated rings. The summed E-state index contributed by atoms with van der Waals surface area (Å²) in [5, 5.41) is 3.34. The summed E-state index contributed by atoms with van der Waals surface area (Å²) in [4.78, 5) is 17.4. The molecule has 2 heterocycles. The van der Waals surface area contributed by atoms with Crippen molar-refractivity contribution < 1.29 is 14.3 Å². The molecule has 1 unspecified atom stereocenters. The molecule has 0 bridgehead atoms. The zero-order valence-electron chi connectivity index (χ0n) is 15.5. The van der Waals surface area contributed by atoms with E-state index in [2.05, 4.69) is 22.1 Å². The fraction of sp³-hybridized carbons (Fsp3) is 0.684. The molecule has 0 spiro atoms. The van der Waals surface area contributed by atoms with Crippen LogP contribution in [0.1, 0.15) is 39.5 Å². The molecule has 1 amide bonds. The van der Waals surface area contributed by atoms with Gasteiger partial charge in [0.2, 0.25) is 11.8 Å². The van der Waals surface area contributed by atoms with Crippen molar-refractivity contribution in [3.8, 4) is 5.88 Å². The number of anilines is 1. The van der Waals surface area contributed by atoms with Crippen LogP contribution in [0.15, 0.2) is 12.3 Å². The number of nitrogens with one attached hydrogen (secondary N) is 1. The van der Waals surface area contributed by atoms with Gasteiger partial charge in [-0.15, -0.1) is 0 Å². The Morgan fingerprint density at radius 3 is 2.96 bits per heavy atom. The van der Waals surface area contributed by atoms with E-state index in [1.165, 1.54) is 19.8 Å². The van der Waals surface area contributed by atoms with Crippen molar-refractivity contribution in [1.82, 2.24) is 10.3 Å². The summed E-state index contributed by atoms with van der Waals surface area (Å²) in [6.07, 6.45) is 6.37. The van der Waals surface area contributed by atoms with Crippen LogP contribution in [0.3, 0.4) is 0 Å². The predicted molar refractivity (Wildman–Crippen MR) is 102 cm³/mol. The first kappa shape index (κ1) is 19.2. The van der Waals surface area contributed by atoms with Gasteiger partial charge in [0.15, 0.2) is 0 Å². The molecule has 1 saturated heterocycles. The highest BCUT2D eigenvalue weighted by Crippen LogP contribution is 2.37. The lowest BCUT2D eigenvalue weighted by Gasteiger charge is -2.35. The van der Waals surface area contributed by atoms with E-state index in [0.717, 1.165) is 25.1 Å². The fourth-order valence-corrected chi connectivity index (χ4v) is 3.90. The Morgan fingerprint density at radius 2 is 2.27 bits per heavy atom. The molecule has 6 nitrogen and oxygen atoms in total. The molecule has 26 heavy (non-hydrogen) atoms. The number of rotatable bonds is 8. The van der Waals surface area contributed by atoms with E-state index < -0.39 is 0 Å². The number of aromatic nitrogens is 1. The summed E-state index contributed by atoms with van der Waals surface area (Å²) < 4.78 is 11.6. The van der Waals surface area contributed by atoms with Gasteiger partial charge >= 0.3 is 0 Å². The molecule has 1 aliphatic carbocycles. The van der Waals surface area contributed by atoms with Gasteiger partial charge < -0.3 is 19.7 Å². The number of carbonyl (C=O) groups is 1. The predicted octanol–water partition coefficient (Wildman–Crippen LogP) is 3.03. The minimum absolute atomic E-state index is 0.0246. The number of hydrogen-bond donors (Lipinski definition) is 1. The van der Waals surface area contributed by atoms with Crippen molar-refractivity contribution in [3.05, 3.63) is 17.3 Å². The summed E-state index contributed by atoms with van der Waals surface area (Å²) >= 11 is 6.55. The third kappa shape index (κ3) is 4.80. The van der Waals surface area contributed by atoms with E-state index in [4.69, 9.17) is 21.1 Å².